The van der Waals surface area contributed by atoms with Crippen LogP contribution in [0.5, 0.6) is 0 Å². The summed E-state index contributed by atoms with van der Waals surface area (Å²) in [6.07, 6.45) is 7.68. The molecular formula is C33H34. The fraction of sp³-hybridized carbons (Fsp3) is 0.273. The third-order valence-corrected chi connectivity index (χ3v) is 7.67. The molecule has 1 fully saturated rings. The van der Waals surface area contributed by atoms with E-state index in [0.29, 0.717) is 0 Å². The normalized spacial score (nSPS) is 15.3. The van der Waals surface area contributed by atoms with Crippen molar-refractivity contribution in [3.8, 4) is 22.3 Å². The fourth-order valence-corrected chi connectivity index (χ4v) is 5.78. The molecule has 0 amide bonds. The lowest BCUT2D eigenvalue weighted by Gasteiger charge is -2.39. The Balaban J connectivity index is 1.55. The Hall–Kier alpha value is -3.12. The lowest BCUT2D eigenvalue weighted by atomic mass is 9.65. The smallest absolute Gasteiger partial charge is 0.000643 e. The Morgan fingerprint density at radius 2 is 1.12 bits per heavy atom. The molecule has 1 saturated carbocycles. The third-order valence-electron chi connectivity index (χ3n) is 7.67. The molecule has 1 aliphatic rings. The van der Waals surface area contributed by atoms with Gasteiger partial charge in [-0.25, -0.2) is 0 Å². The van der Waals surface area contributed by atoms with Crippen LogP contribution in [-0.2, 0) is 11.8 Å². The summed E-state index contributed by atoms with van der Waals surface area (Å²) in [5.74, 6) is 0. The maximum atomic E-state index is 2.50. The van der Waals surface area contributed by atoms with Gasteiger partial charge in [0, 0.05) is 0 Å². The highest BCUT2D eigenvalue weighted by Crippen LogP contribution is 2.44. The Kier molecular flexibility index (Phi) is 6.18. The molecule has 4 aromatic rings. The minimum absolute atomic E-state index is 0.221. The minimum Gasteiger partial charge on any atom is -0.0622 e. The van der Waals surface area contributed by atoms with Gasteiger partial charge in [-0.3, -0.25) is 0 Å². The van der Waals surface area contributed by atoms with Crippen molar-refractivity contribution in [2.24, 2.45) is 0 Å². The van der Waals surface area contributed by atoms with Crippen LogP contribution in [0.25, 0.3) is 22.3 Å². The van der Waals surface area contributed by atoms with Crippen molar-refractivity contribution >= 4 is 0 Å². The molecule has 0 unspecified atom stereocenters. The average Bonchev–Trinajstić information content (AvgIpc) is 2.87. The molecule has 0 aromatic heterocycles. The zero-order chi connectivity index (χ0) is 22.7. The molecule has 0 heterocycles. The van der Waals surface area contributed by atoms with Gasteiger partial charge < -0.3 is 0 Å². The summed E-state index contributed by atoms with van der Waals surface area (Å²) in [6.45, 7) is 4.47. The molecule has 0 saturated heterocycles. The molecule has 0 heteroatoms. The van der Waals surface area contributed by atoms with Crippen molar-refractivity contribution in [3.05, 3.63) is 119 Å². The zero-order valence-electron chi connectivity index (χ0n) is 20.0. The summed E-state index contributed by atoms with van der Waals surface area (Å²) in [6, 6.07) is 36.1. The van der Waals surface area contributed by atoms with Gasteiger partial charge in [-0.05, 0) is 83.0 Å². The van der Waals surface area contributed by atoms with E-state index < -0.39 is 0 Å². The van der Waals surface area contributed by atoms with Gasteiger partial charge in [0.2, 0.25) is 0 Å². The van der Waals surface area contributed by atoms with Gasteiger partial charge in [-0.2, -0.15) is 0 Å². The predicted molar refractivity (Wildman–Crippen MR) is 142 cm³/mol. The second-order valence-electron chi connectivity index (χ2n) is 9.93. The van der Waals surface area contributed by atoms with Crippen molar-refractivity contribution in [3.63, 3.8) is 0 Å². The highest BCUT2D eigenvalue weighted by molar-refractivity contribution is 5.69. The van der Waals surface area contributed by atoms with Crippen LogP contribution in [0.1, 0.15) is 54.4 Å². The van der Waals surface area contributed by atoms with Crippen molar-refractivity contribution < 1.29 is 0 Å². The zero-order valence-corrected chi connectivity index (χ0v) is 20.0. The third kappa shape index (κ3) is 4.53. The number of hydrogen-bond acceptors (Lipinski definition) is 0. The maximum Gasteiger partial charge on any atom is -0.000643 e. The lowest BCUT2D eigenvalue weighted by Crippen LogP contribution is -2.31. The van der Waals surface area contributed by atoms with Crippen molar-refractivity contribution in [1.29, 1.82) is 0 Å². The van der Waals surface area contributed by atoms with E-state index in [1.165, 1.54) is 76.6 Å². The van der Waals surface area contributed by atoms with Crippen LogP contribution in [-0.4, -0.2) is 0 Å². The quantitative estimate of drug-likeness (QED) is 0.296. The fourth-order valence-electron chi connectivity index (χ4n) is 5.78. The summed E-state index contributed by atoms with van der Waals surface area (Å²) < 4.78 is 0. The lowest BCUT2D eigenvalue weighted by molar-refractivity contribution is 0.290. The average molecular weight is 431 g/mol. The Morgan fingerprint density at radius 3 is 1.73 bits per heavy atom. The minimum atomic E-state index is 0.221. The van der Waals surface area contributed by atoms with E-state index in [0.717, 1.165) is 6.42 Å². The maximum absolute atomic E-state index is 2.50. The first-order valence-corrected chi connectivity index (χ1v) is 12.5. The van der Waals surface area contributed by atoms with Crippen LogP contribution >= 0.6 is 0 Å². The summed E-state index contributed by atoms with van der Waals surface area (Å²) in [5, 5.41) is 0. The number of aryl methyl sites for hydroxylation is 2. The molecule has 0 N–H and O–H groups in total. The first-order valence-electron chi connectivity index (χ1n) is 12.5. The first kappa shape index (κ1) is 21.7. The monoisotopic (exact) mass is 430 g/mol. The van der Waals surface area contributed by atoms with Gasteiger partial charge in [0.05, 0.1) is 0 Å². The summed E-state index contributed by atoms with van der Waals surface area (Å²) >= 11 is 0. The van der Waals surface area contributed by atoms with Crippen LogP contribution in [0, 0.1) is 13.8 Å². The van der Waals surface area contributed by atoms with Gasteiger partial charge in [-0.15, -0.1) is 0 Å². The topological polar surface area (TPSA) is 0 Å². The van der Waals surface area contributed by atoms with Crippen molar-refractivity contribution in [1.82, 2.24) is 0 Å². The number of benzene rings is 4. The van der Waals surface area contributed by atoms with E-state index in [-0.39, 0.29) is 5.41 Å². The van der Waals surface area contributed by atoms with Gasteiger partial charge in [-0.1, -0.05) is 116 Å². The van der Waals surface area contributed by atoms with Crippen molar-refractivity contribution in [2.45, 2.75) is 57.8 Å². The van der Waals surface area contributed by atoms with Crippen LogP contribution in [0.4, 0.5) is 0 Å². The molecule has 4 aromatic carbocycles. The molecule has 0 aliphatic heterocycles. The SMILES string of the molecule is Cc1ccc(CC2(c3ccc(C)c(-c4ccccc4)c3)CCCCC2)cc1-c1ccccc1. The highest BCUT2D eigenvalue weighted by atomic mass is 14.4. The van der Waals surface area contributed by atoms with Gasteiger partial charge >= 0.3 is 0 Å². The Bertz CT molecular complexity index is 1210. The van der Waals surface area contributed by atoms with Crippen LogP contribution in [0.2, 0.25) is 0 Å². The van der Waals surface area contributed by atoms with Crippen LogP contribution < -0.4 is 0 Å². The van der Waals surface area contributed by atoms with E-state index in [2.05, 4.69) is 111 Å². The molecule has 0 nitrogen and oxygen atoms in total. The van der Waals surface area contributed by atoms with E-state index in [9.17, 15) is 0 Å². The highest BCUT2D eigenvalue weighted by Gasteiger charge is 2.34. The number of rotatable bonds is 5. The van der Waals surface area contributed by atoms with Gasteiger partial charge in [0.25, 0.3) is 0 Å². The summed E-state index contributed by atoms with van der Waals surface area (Å²) in [4.78, 5) is 0. The van der Waals surface area contributed by atoms with Crippen molar-refractivity contribution in [2.75, 3.05) is 0 Å². The summed E-state index contributed by atoms with van der Waals surface area (Å²) in [5.41, 5.74) is 11.3. The molecule has 0 spiro atoms. The molecular weight excluding hydrogens is 396 g/mol. The molecule has 0 bridgehead atoms. The standard InChI is InChI=1S/C33H34/c1-25-16-18-27(22-31(25)28-12-6-3-7-13-28)24-33(20-10-5-11-21-33)30-19-17-26(2)32(23-30)29-14-8-4-9-15-29/h3-4,6-9,12-19,22-23H,5,10-11,20-21,24H2,1-2H3. The van der Waals surface area contributed by atoms with Gasteiger partial charge in [0.15, 0.2) is 0 Å². The Morgan fingerprint density at radius 1 is 0.576 bits per heavy atom. The molecule has 166 valence electrons. The second kappa shape index (κ2) is 9.40. The Labute approximate surface area is 199 Å². The molecule has 1 aliphatic carbocycles. The first-order chi connectivity index (χ1) is 16.1. The molecule has 0 atom stereocenters. The van der Waals surface area contributed by atoms with E-state index >= 15 is 0 Å². The largest absolute Gasteiger partial charge is 0.0622 e. The van der Waals surface area contributed by atoms with Gasteiger partial charge in [0.1, 0.15) is 0 Å². The van der Waals surface area contributed by atoms with Crippen LogP contribution in [0.15, 0.2) is 97.1 Å². The van der Waals surface area contributed by atoms with Crippen LogP contribution in [0.3, 0.4) is 0 Å². The van der Waals surface area contributed by atoms with E-state index in [1.807, 2.05) is 0 Å². The van der Waals surface area contributed by atoms with E-state index in [4.69, 9.17) is 0 Å². The predicted octanol–water partition coefficient (Wildman–Crippen LogP) is 9.08. The number of hydrogen-bond donors (Lipinski definition) is 0. The molecule has 0 radical (unpaired) electrons. The van der Waals surface area contributed by atoms with E-state index in [1.54, 1.807) is 0 Å². The molecule has 33 heavy (non-hydrogen) atoms. The summed E-state index contributed by atoms with van der Waals surface area (Å²) in [7, 11) is 0. The second-order valence-corrected chi connectivity index (χ2v) is 9.93. The molecule has 5 rings (SSSR count).